The lowest BCUT2D eigenvalue weighted by Gasteiger charge is -2.03. The topological polar surface area (TPSA) is 26.3 Å². The van der Waals surface area contributed by atoms with Gasteiger partial charge in [0.05, 0.1) is 0 Å². The molecule has 1 aromatic carbocycles. The molecule has 0 aliphatic heterocycles. The lowest BCUT2D eigenvalue weighted by atomic mass is 10.2. The molecule has 76 valence electrons. The molecule has 0 fully saturated rings. The predicted molar refractivity (Wildman–Crippen MR) is 57.8 cm³/mol. The van der Waals surface area contributed by atoms with Gasteiger partial charge in [-0.15, -0.1) is 0 Å². The summed E-state index contributed by atoms with van der Waals surface area (Å²) in [5.41, 5.74) is 1.41. The second-order valence-electron chi connectivity index (χ2n) is 2.84. The van der Waals surface area contributed by atoms with Gasteiger partial charge in [-0.1, -0.05) is 44.3 Å². The van der Waals surface area contributed by atoms with Gasteiger partial charge in [-0.25, -0.2) is 4.79 Å². The normalized spacial score (nSPS) is 8.64. The Balaban J connectivity index is 0.00000169. The lowest BCUT2D eigenvalue weighted by Crippen LogP contribution is -2.04. The Bertz CT molecular complexity index is 301. The summed E-state index contributed by atoms with van der Waals surface area (Å²) in [4.78, 5) is 11.0. The second kappa shape index (κ2) is 5.97. The zero-order valence-electron chi connectivity index (χ0n) is 7.62. The third kappa shape index (κ3) is 3.90. The first-order valence-electron chi connectivity index (χ1n) is 4.06. The molecule has 0 amide bonds. The van der Waals surface area contributed by atoms with Crippen LogP contribution < -0.4 is 0 Å². The Kier molecular flexibility index (Phi) is 5.30. The summed E-state index contributed by atoms with van der Waals surface area (Å²) in [6.45, 7) is 5.44. The SMILES string of the molecule is C.C=C(C)C(=O)OCc1ccccc1. The van der Waals surface area contributed by atoms with E-state index in [1.165, 1.54) is 0 Å². The van der Waals surface area contributed by atoms with Crippen LogP contribution in [0.25, 0.3) is 0 Å². The number of rotatable bonds is 3. The maximum Gasteiger partial charge on any atom is 0.333 e. The number of benzene rings is 1. The van der Waals surface area contributed by atoms with E-state index in [1.54, 1.807) is 6.92 Å². The van der Waals surface area contributed by atoms with Crippen molar-refractivity contribution in [2.24, 2.45) is 0 Å². The maximum absolute atomic E-state index is 11.0. The first kappa shape index (κ1) is 12.4. The quantitative estimate of drug-likeness (QED) is 0.543. The van der Waals surface area contributed by atoms with E-state index in [0.29, 0.717) is 12.2 Å². The van der Waals surface area contributed by atoms with Gasteiger partial charge in [0, 0.05) is 5.57 Å². The van der Waals surface area contributed by atoms with Crippen molar-refractivity contribution in [1.29, 1.82) is 0 Å². The van der Waals surface area contributed by atoms with Gasteiger partial charge in [-0.2, -0.15) is 0 Å². The van der Waals surface area contributed by atoms with Crippen molar-refractivity contribution in [3.63, 3.8) is 0 Å². The highest BCUT2D eigenvalue weighted by Crippen LogP contribution is 2.02. The van der Waals surface area contributed by atoms with Crippen LogP contribution in [0.4, 0.5) is 0 Å². The highest BCUT2D eigenvalue weighted by atomic mass is 16.5. The van der Waals surface area contributed by atoms with Gasteiger partial charge >= 0.3 is 5.97 Å². The average Bonchev–Trinajstić information content (AvgIpc) is 2.15. The minimum absolute atomic E-state index is 0. The summed E-state index contributed by atoms with van der Waals surface area (Å²) in [6, 6.07) is 9.55. The molecule has 14 heavy (non-hydrogen) atoms. The molecule has 0 aliphatic carbocycles. The van der Waals surface area contributed by atoms with Crippen LogP contribution in [-0.2, 0) is 16.1 Å². The van der Waals surface area contributed by atoms with E-state index in [2.05, 4.69) is 6.58 Å². The lowest BCUT2D eigenvalue weighted by molar-refractivity contribution is -0.140. The first-order chi connectivity index (χ1) is 6.20. The van der Waals surface area contributed by atoms with Crippen molar-refractivity contribution >= 4 is 5.97 Å². The Labute approximate surface area is 85.2 Å². The molecule has 0 radical (unpaired) electrons. The van der Waals surface area contributed by atoms with E-state index < -0.39 is 0 Å². The number of hydrogen-bond acceptors (Lipinski definition) is 2. The molecule has 0 atom stereocenters. The summed E-state index contributed by atoms with van der Waals surface area (Å²) in [7, 11) is 0. The molecule has 0 heterocycles. The van der Waals surface area contributed by atoms with E-state index in [0.717, 1.165) is 5.56 Å². The summed E-state index contributed by atoms with van der Waals surface area (Å²) in [5, 5.41) is 0. The van der Waals surface area contributed by atoms with Crippen molar-refractivity contribution in [2.75, 3.05) is 0 Å². The third-order valence-corrected chi connectivity index (χ3v) is 1.56. The van der Waals surface area contributed by atoms with Gasteiger partial charge in [-0.3, -0.25) is 0 Å². The Morgan fingerprint density at radius 1 is 1.36 bits per heavy atom. The number of carbonyl (C=O) groups is 1. The molecule has 2 heteroatoms. The van der Waals surface area contributed by atoms with Gasteiger partial charge in [0.2, 0.25) is 0 Å². The first-order valence-corrected chi connectivity index (χ1v) is 4.06. The monoisotopic (exact) mass is 192 g/mol. The fourth-order valence-corrected chi connectivity index (χ4v) is 0.846. The van der Waals surface area contributed by atoms with Crippen LogP contribution in [0, 0.1) is 0 Å². The van der Waals surface area contributed by atoms with Crippen molar-refractivity contribution in [2.45, 2.75) is 21.0 Å². The van der Waals surface area contributed by atoms with Crippen LogP contribution >= 0.6 is 0 Å². The molecule has 0 saturated carbocycles. The van der Waals surface area contributed by atoms with E-state index in [-0.39, 0.29) is 13.4 Å². The van der Waals surface area contributed by atoms with Crippen LogP contribution in [-0.4, -0.2) is 5.97 Å². The molecule has 0 aromatic heterocycles. The number of hydrogen-bond donors (Lipinski definition) is 0. The van der Waals surface area contributed by atoms with E-state index in [1.807, 2.05) is 30.3 Å². The van der Waals surface area contributed by atoms with Crippen molar-refractivity contribution < 1.29 is 9.53 Å². The molecule has 0 aliphatic rings. The Morgan fingerprint density at radius 2 is 1.93 bits per heavy atom. The summed E-state index contributed by atoms with van der Waals surface area (Å²) >= 11 is 0. The molecule has 0 spiro atoms. The van der Waals surface area contributed by atoms with Crippen LogP contribution in [0.15, 0.2) is 42.5 Å². The van der Waals surface area contributed by atoms with E-state index in [9.17, 15) is 4.79 Å². The minimum atomic E-state index is -0.344. The molecule has 0 bridgehead atoms. The molecule has 0 saturated heterocycles. The van der Waals surface area contributed by atoms with Gasteiger partial charge in [0.1, 0.15) is 6.61 Å². The zero-order valence-corrected chi connectivity index (χ0v) is 7.62. The fourth-order valence-electron chi connectivity index (χ4n) is 0.846. The summed E-state index contributed by atoms with van der Waals surface area (Å²) < 4.78 is 4.95. The molecule has 2 nitrogen and oxygen atoms in total. The van der Waals surface area contributed by atoms with Gasteiger partial charge < -0.3 is 4.74 Å². The maximum atomic E-state index is 11.0. The molecule has 1 aromatic rings. The van der Waals surface area contributed by atoms with Crippen LogP contribution in [0.3, 0.4) is 0 Å². The van der Waals surface area contributed by atoms with E-state index >= 15 is 0 Å². The summed E-state index contributed by atoms with van der Waals surface area (Å²) in [6.07, 6.45) is 0. The van der Waals surface area contributed by atoms with Gasteiger partial charge in [-0.05, 0) is 12.5 Å². The molecular formula is C12H16O2. The third-order valence-electron chi connectivity index (χ3n) is 1.56. The smallest absolute Gasteiger partial charge is 0.333 e. The molecular weight excluding hydrogens is 176 g/mol. The van der Waals surface area contributed by atoms with Crippen LogP contribution in [0.1, 0.15) is 19.9 Å². The molecule has 1 rings (SSSR count). The average molecular weight is 192 g/mol. The Morgan fingerprint density at radius 3 is 2.43 bits per heavy atom. The van der Waals surface area contributed by atoms with Crippen molar-refractivity contribution in [3.05, 3.63) is 48.0 Å². The second-order valence-corrected chi connectivity index (χ2v) is 2.84. The highest BCUT2D eigenvalue weighted by molar-refractivity contribution is 5.86. The van der Waals surface area contributed by atoms with E-state index in [4.69, 9.17) is 4.74 Å². The number of esters is 1. The van der Waals surface area contributed by atoms with Gasteiger partial charge in [0.15, 0.2) is 0 Å². The largest absolute Gasteiger partial charge is 0.457 e. The van der Waals surface area contributed by atoms with Crippen LogP contribution in [0.2, 0.25) is 0 Å². The molecule has 0 unspecified atom stereocenters. The minimum Gasteiger partial charge on any atom is -0.457 e. The fraction of sp³-hybridized carbons (Fsp3) is 0.250. The van der Waals surface area contributed by atoms with Crippen molar-refractivity contribution in [3.8, 4) is 0 Å². The van der Waals surface area contributed by atoms with Gasteiger partial charge in [0.25, 0.3) is 0 Å². The summed E-state index contributed by atoms with van der Waals surface area (Å²) in [5.74, 6) is -0.344. The number of carbonyl (C=O) groups excluding carboxylic acids is 1. The number of ether oxygens (including phenoxy) is 1. The van der Waals surface area contributed by atoms with Crippen molar-refractivity contribution in [1.82, 2.24) is 0 Å². The highest BCUT2D eigenvalue weighted by Gasteiger charge is 2.02. The molecule has 0 N–H and O–H groups in total. The zero-order chi connectivity index (χ0) is 9.68. The van der Waals surface area contributed by atoms with Crippen LogP contribution in [0.5, 0.6) is 0 Å². The Hall–Kier alpha value is -1.57. The predicted octanol–water partition coefficient (Wildman–Crippen LogP) is 2.94. The standard InChI is InChI=1S/C11H12O2.CH4/c1-9(2)11(12)13-8-10-6-4-3-5-7-10;/h3-7H,1,8H2,2H3;1H4.